The van der Waals surface area contributed by atoms with Crippen LogP contribution in [0.3, 0.4) is 0 Å². The molecule has 1 unspecified atom stereocenters. The van der Waals surface area contributed by atoms with Crippen LogP contribution in [-0.4, -0.2) is 10.3 Å². The fourth-order valence-corrected chi connectivity index (χ4v) is 12.3. The molecule has 0 fully saturated rings. The van der Waals surface area contributed by atoms with Crippen LogP contribution in [-0.2, 0) is 12.3 Å². The highest BCUT2D eigenvalue weighted by atomic mass is 31.1. The molecule has 4 rings (SSSR count). The Morgan fingerprint density at radius 2 is 0.962 bits per heavy atom. The molecule has 4 atom stereocenters. The fraction of sp³-hybridized carbons (Fsp3) is 0.500. The molecule has 0 N–H and O–H groups in total. The Labute approximate surface area is 162 Å². The van der Waals surface area contributed by atoms with Crippen LogP contribution in [0.1, 0.15) is 75.1 Å². The summed E-state index contributed by atoms with van der Waals surface area (Å²) in [5, 5.41) is 0.797. The average molecular weight is 382 g/mol. The largest absolute Gasteiger partial charge is 0.0880 e. The molecule has 0 nitrogen and oxygen atoms in total. The van der Waals surface area contributed by atoms with Gasteiger partial charge in [0.25, 0.3) is 0 Å². The minimum atomic E-state index is -0.0695. The highest BCUT2D eigenvalue weighted by Gasteiger charge is 2.50. The van der Waals surface area contributed by atoms with Crippen molar-refractivity contribution < 1.29 is 0 Å². The number of rotatable bonds is 1. The van der Waals surface area contributed by atoms with Crippen LogP contribution in [0.25, 0.3) is 0 Å². The van der Waals surface area contributed by atoms with Crippen LogP contribution in [0, 0.1) is 0 Å². The Balaban J connectivity index is 1.89. The second kappa shape index (κ2) is 6.43. The van der Waals surface area contributed by atoms with Gasteiger partial charge in [0, 0.05) is 11.3 Å². The highest BCUT2D eigenvalue weighted by Crippen LogP contribution is 2.80. The van der Waals surface area contributed by atoms with Crippen molar-refractivity contribution in [2.45, 2.75) is 75.5 Å². The van der Waals surface area contributed by atoms with Gasteiger partial charge in [-0.05, 0) is 44.9 Å². The molecule has 2 heteroatoms. The monoisotopic (exact) mass is 382 g/mol. The smallest absolute Gasteiger partial charge is 0.0161 e. The van der Waals surface area contributed by atoms with E-state index in [0.29, 0.717) is 10.3 Å². The second-order valence-electron chi connectivity index (χ2n) is 9.88. The third-order valence-corrected chi connectivity index (χ3v) is 13.7. The maximum atomic E-state index is 2.48. The van der Waals surface area contributed by atoms with Crippen molar-refractivity contribution in [1.29, 1.82) is 0 Å². The predicted octanol–water partition coefficient (Wildman–Crippen LogP) is 8.06. The van der Waals surface area contributed by atoms with Crippen LogP contribution in [0.15, 0.2) is 48.5 Å². The number of hydrogen-bond acceptors (Lipinski definition) is 0. The summed E-state index contributed by atoms with van der Waals surface area (Å²) in [7, 11) is -0.139. The van der Waals surface area contributed by atoms with E-state index in [0.717, 1.165) is 11.3 Å². The molecule has 2 aromatic carbocycles. The standard InChI is InChI=1S/C24H32P2/c1-23(2,3)25-15-17-11-7-9-13-19(17)21(25)22-20-14-10-8-12-18(20)16-26(22)24(4,5)6/h7-14,21-22H,15-16H2,1-6H3/t21-,22-,25-,26?/m0/s1. The van der Waals surface area contributed by atoms with Gasteiger partial charge >= 0.3 is 0 Å². The zero-order chi connectivity index (χ0) is 18.7. The maximum absolute atomic E-state index is 2.48. The number of benzene rings is 2. The lowest BCUT2D eigenvalue weighted by Crippen LogP contribution is -2.20. The SMILES string of the molecule is CC(C)(C)P1Cc2ccccc2[C@H]1[C@@H]1c2ccccc2C[P@]1C(C)(C)C. The third kappa shape index (κ3) is 3.08. The highest BCUT2D eigenvalue weighted by molar-refractivity contribution is 7.63. The van der Waals surface area contributed by atoms with Crippen molar-refractivity contribution in [3.63, 3.8) is 0 Å². The molecule has 0 aromatic heterocycles. The van der Waals surface area contributed by atoms with Gasteiger partial charge < -0.3 is 0 Å². The van der Waals surface area contributed by atoms with Gasteiger partial charge in [0.1, 0.15) is 0 Å². The van der Waals surface area contributed by atoms with E-state index in [9.17, 15) is 0 Å². The lowest BCUT2D eigenvalue weighted by Gasteiger charge is -2.42. The first kappa shape index (κ1) is 18.7. The first-order valence-corrected chi connectivity index (χ1v) is 13.1. The summed E-state index contributed by atoms with van der Waals surface area (Å²) in [6.45, 7) is 14.9. The quantitative estimate of drug-likeness (QED) is 0.438. The van der Waals surface area contributed by atoms with Crippen LogP contribution >= 0.6 is 15.8 Å². The molecule has 2 heterocycles. The Hall–Kier alpha value is -0.700. The second-order valence-corrected chi connectivity index (χ2v) is 16.2. The molecule has 0 radical (unpaired) electrons. The van der Waals surface area contributed by atoms with E-state index >= 15 is 0 Å². The van der Waals surface area contributed by atoms with Crippen molar-refractivity contribution in [3.05, 3.63) is 70.8 Å². The number of hydrogen-bond donors (Lipinski definition) is 0. The topological polar surface area (TPSA) is 0 Å². The molecule has 0 saturated heterocycles. The van der Waals surface area contributed by atoms with Gasteiger partial charge in [-0.3, -0.25) is 0 Å². The van der Waals surface area contributed by atoms with Gasteiger partial charge in [0.15, 0.2) is 0 Å². The first-order chi connectivity index (χ1) is 12.2. The summed E-state index contributed by atoms with van der Waals surface area (Å²) < 4.78 is 0. The number of fused-ring (bicyclic) bond motifs is 2. The molecule has 0 bridgehead atoms. The van der Waals surface area contributed by atoms with Crippen LogP contribution in [0.4, 0.5) is 0 Å². The fourth-order valence-electron chi connectivity index (χ4n) is 4.82. The Kier molecular flexibility index (Phi) is 4.61. The van der Waals surface area contributed by atoms with Gasteiger partial charge in [0.2, 0.25) is 0 Å². The molecule has 26 heavy (non-hydrogen) atoms. The lowest BCUT2D eigenvalue weighted by atomic mass is 9.98. The molecule has 0 aliphatic carbocycles. The molecule has 2 aromatic rings. The molecule has 0 amide bonds. The Bertz CT molecular complexity index is 740. The first-order valence-electron chi connectivity index (χ1n) is 9.87. The summed E-state index contributed by atoms with van der Waals surface area (Å²) in [6, 6.07) is 18.7. The summed E-state index contributed by atoms with van der Waals surface area (Å²) in [4.78, 5) is 0. The predicted molar refractivity (Wildman–Crippen MR) is 119 cm³/mol. The van der Waals surface area contributed by atoms with E-state index in [1.54, 1.807) is 22.3 Å². The molecular weight excluding hydrogens is 350 g/mol. The van der Waals surface area contributed by atoms with Crippen LogP contribution in [0.2, 0.25) is 0 Å². The molecule has 0 spiro atoms. The molecule has 0 saturated carbocycles. The molecular formula is C24H32P2. The van der Waals surface area contributed by atoms with E-state index < -0.39 is 0 Å². The lowest BCUT2D eigenvalue weighted by molar-refractivity contribution is 0.736. The van der Waals surface area contributed by atoms with Crippen molar-refractivity contribution >= 4 is 15.8 Å². The van der Waals surface area contributed by atoms with Crippen molar-refractivity contribution in [2.24, 2.45) is 0 Å². The van der Waals surface area contributed by atoms with E-state index in [-0.39, 0.29) is 15.8 Å². The van der Waals surface area contributed by atoms with E-state index in [2.05, 4.69) is 90.1 Å². The third-order valence-electron chi connectivity index (χ3n) is 6.12. The summed E-state index contributed by atoms with van der Waals surface area (Å²) >= 11 is 0. The van der Waals surface area contributed by atoms with Gasteiger partial charge in [0.05, 0.1) is 0 Å². The van der Waals surface area contributed by atoms with Crippen LogP contribution < -0.4 is 0 Å². The summed E-state index contributed by atoms with van der Waals surface area (Å²) in [5.41, 5.74) is 8.07. The Morgan fingerprint density at radius 1 is 0.615 bits per heavy atom. The average Bonchev–Trinajstić information content (AvgIpc) is 3.12. The van der Waals surface area contributed by atoms with Gasteiger partial charge in [-0.1, -0.05) is 106 Å². The van der Waals surface area contributed by atoms with Gasteiger partial charge in [-0.25, -0.2) is 0 Å². The summed E-state index contributed by atoms with van der Waals surface area (Å²) in [6.07, 6.45) is 2.62. The molecule has 2 aliphatic rings. The van der Waals surface area contributed by atoms with Crippen molar-refractivity contribution in [3.8, 4) is 0 Å². The van der Waals surface area contributed by atoms with Crippen molar-refractivity contribution in [1.82, 2.24) is 0 Å². The minimum Gasteiger partial charge on any atom is -0.0880 e. The zero-order valence-corrected chi connectivity index (χ0v) is 18.9. The minimum absolute atomic E-state index is 0.0695. The van der Waals surface area contributed by atoms with E-state index in [4.69, 9.17) is 0 Å². The normalized spacial score (nSPS) is 28.1. The van der Waals surface area contributed by atoms with E-state index in [1.807, 2.05) is 0 Å². The van der Waals surface area contributed by atoms with Crippen LogP contribution in [0.5, 0.6) is 0 Å². The zero-order valence-electron chi connectivity index (χ0n) is 17.1. The van der Waals surface area contributed by atoms with Gasteiger partial charge in [-0.15, -0.1) is 0 Å². The summed E-state index contributed by atoms with van der Waals surface area (Å²) in [5.74, 6) is 0. The Morgan fingerprint density at radius 3 is 1.31 bits per heavy atom. The molecule has 2 aliphatic heterocycles. The van der Waals surface area contributed by atoms with E-state index in [1.165, 1.54) is 12.3 Å². The van der Waals surface area contributed by atoms with Gasteiger partial charge in [-0.2, -0.15) is 0 Å². The van der Waals surface area contributed by atoms with Crippen molar-refractivity contribution in [2.75, 3.05) is 0 Å². The molecule has 138 valence electrons. The maximum Gasteiger partial charge on any atom is 0.0161 e.